The molecule has 2 aromatic rings. The Bertz CT molecular complexity index is 492. The summed E-state index contributed by atoms with van der Waals surface area (Å²) in [5.74, 6) is 0.303. The fraction of sp³-hybridized carbons (Fsp3) is 0.154. The summed E-state index contributed by atoms with van der Waals surface area (Å²) in [5, 5.41) is 9.79. The highest BCUT2D eigenvalue weighted by Gasteiger charge is 2.06. The van der Waals surface area contributed by atoms with E-state index in [4.69, 9.17) is 0 Å². The maximum Gasteiger partial charge on any atom is 0.123 e. The molecule has 76 valence electrons. The molecule has 0 amide bonds. The van der Waals surface area contributed by atoms with Crippen molar-refractivity contribution in [2.24, 2.45) is 0 Å². The van der Waals surface area contributed by atoms with Gasteiger partial charge in [0.1, 0.15) is 5.75 Å². The largest absolute Gasteiger partial charge is 0.507 e. The standard InChI is InChI=1S/C13H13NO/c1-9-3-4-13(15)11(7-9)12-8-14-6-5-10(12)2/h3-8,15H,1-2H3. The Hall–Kier alpha value is -1.83. The summed E-state index contributed by atoms with van der Waals surface area (Å²) in [6.45, 7) is 4.02. The van der Waals surface area contributed by atoms with Gasteiger partial charge in [-0.3, -0.25) is 4.98 Å². The van der Waals surface area contributed by atoms with E-state index in [-0.39, 0.29) is 0 Å². The van der Waals surface area contributed by atoms with Gasteiger partial charge in [-0.25, -0.2) is 0 Å². The number of phenols is 1. The Morgan fingerprint density at radius 1 is 1.07 bits per heavy atom. The summed E-state index contributed by atoms with van der Waals surface area (Å²) in [5.41, 5.74) is 4.08. The molecule has 0 spiro atoms. The Morgan fingerprint density at radius 2 is 1.87 bits per heavy atom. The molecule has 2 nitrogen and oxygen atoms in total. The number of aromatic nitrogens is 1. The normalized spacial score (nSPS) is 10.3. The van der Waals surface area contributed by atoms with Crippen molar-refractivity contribution < 1.29 is 5.11 Å². The Labute approximate surface area is 89.2 Å². The minimum Gasteiger partial charge on any atom is -0.507 e. The number of benzene rings is 1. The molecule has 0 aliphatic carbocycles. The number of rotatable bonds is 1. The molecular weight excluding hydrogens is 186 g/mol. The minimum absolute atomic E-state index is 0.303. The van der Waals surface area contributed by atoms with Gasteiger partial charge in [0.25, 0.3) is 0 Å². The molecule has 1 aromatic carbocycles. The van der Waals surface area contributed by atoms with E-state index in [1.54, 1.807) is 18.5 Å². The summed E-state index contributed by atoms with van der Waals surface area (Å²) in [7, 11) is 0. The lowest BCUT2D eigenvalue weighted by atomic mass is 10.0. The lowest BCUT2D eigenvalue weighted by molar-refractivity contribution is 0.477. The molecule has 2 heteroatoms. The number of hydrogen-bond acceptors (Lipinski definition) is 2. The van der Waals surface area contributed by atoms with Gasteiger partial charge >= 0.3 is 0 Å². The van der Waals surface area contributed by atoms with Gasteiger partial charge in [0, 0.05) is 23.5 Å². The zero-order valence-corrected chi connectivity index (χ0v) is 8.86. The van der Waals surface area contributed by atoms with E-state index >= 15 is 0 Å². The molecule has 2 rings (SSSR count). The van der Waals surface area contributed by atoms with Crippen LogP contribution in [0.25, 0.3) is 11.1 Å². The van der Waals surface area contributed by atoms with Crippen LogP contribution in [0, 0.1) is 13.8 Å². The molecule has 0 unspecified atom stereocenters. The third kappa shape index (κ3) is 1.84. The molecule has 0 aliphatic rings. The van der Waals surface area contributed by atoms with Crippen LogP contribution in [0.4, 0.5) is 0 Å². The Balaban J connectivity index is 2.64. The molecule has 0 fully saturated rings. The first-order valence-electron chi connectivity index (χ1n) is 4.89. The summed E-state index contributed by atoms with van der Waals surface area (Å²) in [6.07, 6.45) is 3.54. The van der Waals surface area contributed by atoms with Crippen molar-refractivity contribution in [3.63, 3.8) is 0 Å². The first-order chi connectivity index (χ1) is 7.18. The lowest BCUT2D eigenvalue weighted by Gasteiger charge is -2.08. The second-order valence-corrected chi connectivity index (χ2v) is 3.71. The number of aromatic hydroxyl groups is 1. The number of aryl methyl sites for hydroxylation is 2. The third-order valence-corrected chi connectivity index (χ3v) is 2.48. The lowest BCUT2D eigenvalue weighted by Crippen LogP contribution is -1.86. The highest BCUT2D eigenvalue weighted by Crippen LogP contribution is 2.31. The van der Waals surface area contributed by atoms with Crippen molar-refractivity contribution >= 4 is 0 Å². The molecular formula is C13H13NO. The van der Waals surface area contributed by atoms with Crippen molar-refractivity contribution in [3.05, 3.63) is 47.8 Å². The highest BCUT2D eigenvalue weighted by molar-refractivity contribution is 5.72. The van der Waals surface area contributed by atoms with E-state index in [9.17, 15) is 5.11 Å². The third-order valence-electron chi connectivity index (χ3n) is 2.48. The Morgan fingerprint density at radius 3 is 2.60 bits per heavy atom. The molecule has 0 aliphatic heterocycles. The number of nitrogens with zero attached hydrogens (tertiary/aromatic N) is 1. The molecule has 0 saturated heterocycles. The van der Waals surface area contributed by atoms with Gasteiger partial charge in [-0.15, -0.1) is 0 Å². The van der Waals surface area contributed by atoms with Crippen LogP contribution in [-0.4, -0.2) is 10.1 Å². The maximum absolute atomic E-state index is 9.79. The van der Waals surface area contributed by atoms with Crippen molar-refractivity contribution in [2.45, 2.75) is 13.8 Å². The second kappa shape index (κ2) is 3.73. The molecule has 15 heavy (non-hydrogen) atoms. The van der Waals surface area contributed by atoms with Crippen LogP contribution >= 0.6 is 0 Å². The molecule has 0 atom stereocenters. The van der Waals surface area contributed by atoms with Gasteiger partial charge in [-0.1, -0.05) is 11.6 Å². The predicted octanol–water partition coefficient (Wildman–Crippen LogP) is 3.07. The van der Waals surface area contributed by atoms with Crippen LogP contribution in [0.2, 0.25) is 0 Å². The number of pyridine rings is 1. The van der Waals surface area contributed by atoms with Crippen LogP contribution < -0.4 is 0 Å². The van der Waals surface area contributed by atoms with E-state index in [0.29, 0.717) is 5.75 Å². The van der Waals surface area contributed by atoms with Gasteiger partial charge in [-0.2, -0.15) is 0 Å². The fourth-order valence-electron chi connectivity index (χ4n) is 1.61. The van der Waals surface area contributed by atoms with Crippen LogP contribution in [0.5, 0.6) is 5.75 Å². The minimum atomic E-state index is 0.303. The maximum atomic E-state index is 9.79. The highest BCUT2D eigenvalue weighted by atomic mass is 16.3. The molecule has 0 saturated carbocycles. The average molecular weight is 199 g/mol. The van der Waals surface area contributed by atoms with E-state index in [2.05, 4.69) is 4.98 Å². The molecule has 0 radical (unpaired) electrons. The van der Waals surface area contributed by atoms with E-state index in [1.165, 1.54) is 0 Å². The summed E-state index contributed by atoms with van der Waals surface area (Å²) in [4.78, 5) is 4.08. The quantitative estimate of drug-likeness (QED) is 0.765. The predicted molar refractivity (Wildman–Crippen MR) is 60.8 cm³/mol. The summed E-state index contributed by atoms with van der Waals surface area (Å²) in [6, 6.07) is 7.53. The van der Waals surface area contributed by atoms with Gasteiger partial charge in [0.15, 0.2) is 0 Å². The number of phenolic OH excluding ortho intramolecular Hbond substituents is 1. The smallest absolute Gasteiger partial charge is 0.123 e. The average Bonchev–Trinajstić information content (AvgIpc) is 2.23. The van der Waals surface area contributed by atoms with Gasteiger partial charge in [0.2, 0.25) is 0 Å². The van der Waals surface area contributed by atoms with Crippen molar-refractivity contribution in [2.75, 3.05) is 0 Å². The summed E-state index contributed by atoms with van der Waals surface area (Å²) < 4.78 is 0. The summed E-state index contributed by atoms with van der Waals surface area (Å²) >= 11 is 0. The van der Waals surface area contributed by atoms with Crippen molar-refractivity contribution in [1.29, 1.82) is 0 Å². The van der Waals surface area contributed by atoms with Crippen LogP contribution in [-0.2, 0) is 0 Å². The van der Waals surface area contributed by atoms with Gasteiger partial charge < -0.3 is 5.11 Å². The van der Waals surface area contributed by atoms with E-state index < -0.39 is 0 Å². The zero-order chi connectivity index (χ0) is 10.8. The van der Waals surface area contributed by atoms with Gasteiger partial charge in [-0.05, 0) is 37.6 Å². The van der Waals surface area contributed by atoms with E-state index in [0.717, 1.165) is 22.3 Å². The molecule has 1 heterocycles. The first-order valence-corrected chi connectivity index (χ1v) is 4.89. The van der Waals surface area contributed by atoms with Gasteiger partial charge in [0.05, 0.1) is 0 Å². The topological polar surface area (TPSA) is 33.1 Å². The second-order valence-electron chi connectivity index (χ2n) is 3.71. The van der Waals surface area contributed by atoms with Crippen LogP contribution in [0.15, 0.2) is 36.7 Å². The SMILES string of the molecule is Cc1ccc(O)c(-c2cnccc2C)c1. The van der Waals surface area contributed by atoms with E-state index in [1.807, 2.05) is 32.0 Å². The van der Waals surface area contributed by atoms with Crippen molar-refractivity contribution in [1.82, 2.24) is 4.98 Å². The van der Waals surface area contributed by atoms with Crippen molar-refractivity contribution in [3.8, 4) is 16.9 Å². The molecule has 1 N–H and O–H groups in total. The van der Waals surface area contributed by atoms with Crippen LogP contribution in [0.3, 0.4) is 0 Å². The van der Waals surface area contributed by atoms with Crippen LogP contribution in [0.1, 0.15) is 11.1 Å². The number of hydrogen-bond donors (Lipinski definition) is 1. The molecule has 1 aromatic heterocycles. The molecule has 0 bridgehead atoms. The monoisotopic (exact) mass is 199 g/mol. The Kier molecular flexibility index (Phi) is 2.42. The first kappa shape index (κ1) is 9.71. The zero-order valence-electron chi connectivity index (χ0n) is 8.86. The fourth-order valence-corrected chi connectivity index (χ4v) is 1.61.